The maximum absolute atomic E-state index is 14.6. The predicted molar refractivity (Wildman–Crippen MR) is 288 cm³/mol. The van der Waals surface area contributed by atoms with Gasteiger partial charge in [-0.15, -0.1) is 0 Å². The van der Waals surface area contributed by atoms with Crippen molar-refractivity contribution in [1.29, 1.82) is 0 Å². The molecular formula is C63H65NO9. The zero-order valence-corrected chi connectivity index (χ0v) is 42.7. The molecule has 10 heteroatoms. The second-order valence-corrected chi connectivity index (χ2v) is 19.6. The van der Waals surface area contributed by atoms with Crippen LogP contribution in [0.4, 0.5) is 0 Å². The number of carboxylic acids is 1. The highest BCUT2D eigenvalue weighted by atomic mass is 16.7. The molecule has 1 N–H and O–H groups in total. The summed E-state index contributed by atoms with van der Waals surface area (Å²) in [5, 5.41) is 19.8. The molecule has 0 saturated carbocycles. The van der Waals surface area contributed by atoms with Gasteiger partial charge in [-0.05, 0) is 132 Å². The van der Waals surface area contributed by atoms with Gasteiger partial charge in [0.05, 0.1) is 43.6 Å². The smallest absolute Gasteiger partial charge is 0.338 e. The number of nitrogens with zero attached hydrogens (tertiary/aromatic N) is 1. The molecule has 73 heavy (non-hydrogen) atoms. The molecule has 0 spiro atoms. The fourth-order valence-electron chi connectivity index (χ4n) is 11.0. The van der Waals surface area contributed by atoms with Crippen LogP contribution in [-0.4, -0.2) is 68.3 Å². The van der Waals surface area contributed by atoms with E-state index in [0.717, 1.165) is 81.7 Å². The third-order valence-corrected chi connectivity index (χ3v) is 14.2. The molecule has 1 aliphatic carbocycles. The number of hydroxylamine groups is 2. The number of fused-ring (bicyclic) bond motifs is 8. The molecule has 1 aliphatic heterocycles. The van der Waals surface area contributed by atoms with Crippen LogP contribution < -0.4 is 18.9 Å². The van der Waals surface area contributed by atoms with Gasteiger partial charge in [0.25, 0.3) is 0 Å². The zero-order valence-electron chi connectivity index (χ0n) is 42.7. The van der Waals surface area contributed by atoms with E-state index in [1.54, 1.807) is 12.1 Å². The molecule has 2 atom stereocenters. The van der Waals surface area contributed by atoms with Crippen molar-refractivity contribution in [3.8, 4) is 23.0 Å². The van der Waals surface area contributed by atoms with Crippen molar-refractivity contribution in [3.63, 3.8) is 0 Å². The quantitative estimate of drug-likeness (QED) is 0.0699. The first kappa shape index (κ1) is 49.4. The first-order chi connectivity index (χ1) is 35.7. The van der Waals surface area contributed by atoms with Gasteiger partial charge in [-0.25, -0.2) is 9.59 Å². The minimum absolute atomic E-state index is 0.0422. The molecule has 0 aromatic heterocycles. The molecule has 1 fully saturated rings. The van der Waals surface area contributed by atoms with E-state index in [-0.39, 0.29) is 24.3 Å². The fraction of sp³-hybridized carbons (Fsp3) is 0.333. The van der Waals surface area contributed by atoms with Crippen LogP contribution in [0, 0.1) is 0 Å². The highest BCUT2D eigenvalue weighted by Gasteiger charge is 2.35. The minimum atomic E-state index is -1.01. The van der Waals surface area contributed by atoms with E-state index in [1.807, 2.05) is 48.5 Å². The molecule has 10 nitrogen and oxygen atoms in total. The topological polar surface area (TPSA) is 113 Å². The van der Waals surface area contributed by atoms with Crippen molar-refractivity contribution >= 4 is 44.3 Å². The Morgan fingerprint density at radius 2 is 0.945 bits per heavy atom. The van der Waals surface area contributed by atoms with E-state index in [2.05, 4.69) is 94.4 Å². The number of para-hydroxylation sites is 2. The van der Waals surface area contributed by atoms with E-state index in [0.29, 0.717) is 75.6 Å². The Labute approximate surface area is 428 Å². The molecule has 8 bridgehead atoms. The lowest BCUT2D eigenvalue weighted by Gasteiger charge is -2.23. The molecule has 8 aromatic rings. The number of benzene rings is 8. The average Bonchev–Trinajstić information content (AvgIpc) is 3.77. The first-order valence-corrected chi connectivity index (χ1v) is 26.2. The Hall–Kier alpha value is -7.14. The van der Waals surface area contributed by atoms with E-state index >= 15 is 0 Å². The van der Waals surface area contributed by atoms with E-state index in [1.165, 1.54) is 37.9 Å². The third kappa shape index (κ3) is 10.2. The number of rotatable bonds is 17. The summed E-state index contributed by atoms with van der Waals surface area (Å²) in [6, 6.07) is 39.2. The van der Waals surface area contributed by atoms with Gasteiger partial charge in [-0.1, -0.05) is 119 Å². The van der Waals surface area contributed by atoms with Gasteiger partial charge in [0, 0.05) is 39.2 Å². The molecule has 10 rings (SSSR count). The summed E-state index contributed by atoms with van der Waals surface area (Å²) >= 11 is 0. The van der Waals surface area contributed by atoms with Crippen LogP contribution >= 0.6 is 0 Å². The van der Waals surface area contributed by atoms with Crippen LogP contribution in [0.3, 0.4) is 0 Å². The first-order valence-electron chi connectivity index (χ1n) is 26.2. The Morgan fingerprint density at radius 3 is 1.41 bits per heavy atom. The molecule has 1 heterocycles. The van der Waals surface area contributed by atoms with Crippen LogP contribution in [0.25, 0.3) is 32.3 Å². The SMILES string of the molecule is CCCOc1c2cccc1Cc1cc(C(=O)OC[C@@H]3C[C@H](c4ccc5ccc6cccc7ccc4c5c67)N(C)O3)cc(c1OCCC)Cc1cccc(c1OCCC)Cc1cc(C(=O)O)cc(c1OCCC)C2. The molecule has 0 amide bonds. The summed E-state index contributed by atoms with van der Waals surface area (Å²) in [7, 11) is 1.96. The van der Waals surface area contributed by atoms with Gasteiger partial charge in [0.15, 0.2) is 0 Å². The van der Waals surface area contributed by atoms with Crippen LogP contribution in [0.1, 0.15) is 137 Å². The second-order valence-electron chi connectivity index (χ2n) is 19.6. The van der Waals surface area contributed by atoms with Crippen LogP contribution in [0.5, 0.6) is 23.0 Å². The van der Waals surface area contributed by atoms with Gasteiger partial charge < -0.3 is 28.8 Å². The number of hydrogen-bond donors (Lipinski definition) is 1. The second kappa shape index (κ2) is 21.9. The molecule has 0 unspecified atom stereocenters. The Morgan fingerprint density at radius 1 is 0.534 bits per heavy atom. The zero-order chi connectivity index (χ0) is 50.6. The van der Waals surface area contributed by atoms with Crippen LogP contribution in [0.15, 0.2) is 115 Å². The number of hydrogen-bond acceptors (Lipinski definition) is 9. The lowest BCUT2D eigenvalue weighted by Crippen LogP contribution is -2.21. The average molecular weight is 980 g/mol. The fourth-order valence-corrected chi connectivity index (χ4v) is 11.0. The normalized spacial score (nSPS) is 15.7. The summed E-state index contributed by atoms with van der Waals surface area (Å²) in [6.07, 6.45) is 4.93. The van der Waals surface area contributed by atoms with Crippen molar-refractivity contribution in [1.82, 2.24) is 5.06 Å². The number of carbonyl (C=O) groups excluding carboxylic acids is 1. The molecule has 0 radical (unpaired) electrons. The summed E-state index contributed by atoms with van der Waals surface area (Å²) in [4.78, 5) is 33.9. The summed E-state index contributed by atoms with van der Waals surface area (Å²) < 4.78 is 32.9. The Bertz CT molecular complexity index is 3180. The molecular weight excluding hydrogens is 915 g/mol. The van der Waals surface area contributed by atoms with Crippen molar-refractivity contribution in [3.05, 3.63) is 176 Å². The monoisotopic (exact) mass is 979 g/mol. The van der Waals surface area contributed by atoms with Crippen molar-refractivity contribution < 1.29 is 43.2 Å². The van der Waals surface area contributed by atoms with Crippen LogP contribution in [0.2, 0.25) is 0 Å². The highest BCUT2D eigenvalue weighted by Crippen LogP contribution is 2.43. The lowest BCUT2D eigenvalue weighted by atomic mass is 9.89. The van der Waals surface area contributed by atoms with Gasteiger partial charge >= 0.3 is 11.9 Å². The van der Waals surface area contributed by atoms with Gasteiger partial charge in [-0.2, -0.15) is 5.06 Å². The number of ether oxygens (including phenoxy) is 5. The summed E-state index contributed by atoms with van der Waals surface area (Å²) in [6.45, 7) is 10.3. The minimum Gasteiger partial charge on any atom is -0.493 e. The third-order valence-electron chi connectivity index (χ3n) is 14.2. The number of carboxylic acid groups (broad SMARTS) is 1. The maximum Gasteiger partial charge on any atom is 0.338 e. The molecule has 8 aromatic carbocycles. The standard InChI is InChI=1S/C63H65NO9/c1-6-25-68-58-42-15-11-17-44(58)31-48-35-51(63(67)72-38-52-37-55(64(5)73-52)53-23-21-41-20-19-39-13-10-14-40-22-24-54(53)57(41)56(39)40)36-49(61(48)71-28-9-4)32-45-18-12-16-43(59(45)69-26-7-2)30-47-34-50(62(65)66)33-46(29-42)60(47)70-27-8-3/h10-24,33-36,52,55H,6-9,25-32,37-38H2,1-5H3,(H,65,66)/t52-,55+/m0/s1. The van der Waals surface area contributed by atoms with Crippen molar-refractivity contribution in [2.24, 2.45) is 0 Å². The van der Waals surface area contributed by atoms with Gasteiger partial charge in [-0.3, -0.25) is 4.84 Å². The Kier molecular flexibility index (Phi) is 14.8. The van der Waals surface area contributed by atoms with E-state index in [9.17, 15) is 14.7 Å². The number of aromatic carboxylic acids is 1. The van der Waals surface area contributed by atoms with Crippen molar-refractivity contribution in [2.45, 2.75) is 97.6 Å². The maximum atomic E-state index is 14.6. The number of carbonyl (C=O) groups is 2. The van der Waals surface area contributed by atoms with Gasteiger partial charge in [0.2, 0.25) is 0 Å². The molecule has 376 valence electrons. The highest BCUT2D eigenvalue weighted by molar-refractivity contribution is 6.23. The summed E-state index contributed by atoms with van der Waals surface area (Å²) in [5.41, 5.74) is 8.59. The van der Waals surface area contributed by atoms with Crippen molar-refractivity contribution in [2.75, 3.05) is 40.1 Å². The number of esters is 1. The Balaban J connectivity index is 1.04. The van der Waals surface area contributed by atoms with E-state index < -0.39 is 11.9 Å². The van der Waals surface area contributed by atoms with E-state index in [4.69, 9.17) is 28.5 Å². The molecule has 1 saturated heterocycles. The molecule has 2 aliphatic rings. The summed E-state index contributed by atoms with van der Waals surface area (Å²) in [5.74, 6) is 1.38. The largest absolute Gasteiger partial charge is 0.493 e. The predicted octanol–water partition coefficient (Wildman–Crippen LogP) is 13.6. The lowest BCUT2D eigenvalue weighted by molar-refractivity contribution is -0.153. The van der Waals surface area contributed by atoms with Crippen LogP contribution in [-0.2, 0) is 35.3 Å². The van der Waals surface area contributed by atoms with Gasteiger partial charge in [0.1, 0.15) is 35.7 Å².